The number of carbonyl (C=O) groups excluding carboxylic acids is 1. The molecule has 2 heteroatoms. The molecule has 0 bridgehead atoms. The van der Waals surface area contributed by atoms with Gasteiger partial charge in [-0.15, -0.1) is 0 Å². The van der Waals surface area contributed by atoms with Gasteiger partial charge in [-0.05, 0) is 6.42 Å². The second-order valence-corrected chi connectivity index (χ2v) is 8.35. The van der Waals surface area contributed by atoms with Crippen LogP contribution in [0.1, 0.15) is 33.1 Å². The molecule has 0 aromatic heterocycles. The van der Waals surface area contributed by atoms with Gasteiger partial charge in [-0.2, -0.15) is 0 Å². The van der Waals surface area contributed by atoms with E-state index in [0.717, 1.165) is 12.8 Å². The van der Waals surface area contributed by atoms with Crippen LogP contribution in [0.2, 0.25) is 0 Å². The van der Waals surface area contributed by atoms with Gasteiger partial charge in [-0.25, -0.2) is 0 Å². The van der Waals surface area contributed by atoms with E-state index in [9.17, 15) is 4.79 Å². The van der Waals surface area contributed by atoms with Crippen molar-refractivity contribution in [1.29, 1.82) is 0 Å². The Morgan fingerprint density at radius 2 is 2.08 bits per heavy atom. The summed E-state index contributed by atoms with van der Waals surface area (Å²) in [6, 6.07) is 0. The van der Waals surface area contributed by atoms with Crippen LogP contribution < -0.4 is 0 Å². The fourth-order valence-corrected chi connectivity index (χ4v) is 4.84. The SMILES string of the molecule is CCCC(C)C(=O)[P+]1(C)CCC1. The summed E-state index contributed by atoms with van der Waals surface area (Å²) in [6.07, 6.45) is 6.01. The first-order valence-electron chi connectivity index (χ1n) is 4.99. The molecule has 70 valence electrons. The van der Waals surface area contributed by atoms with Crippen molar-refractivity contribution in [3.05, 3.63) is 0 Å². The summed E-state index contributed by atoms with van der Waals surface area (Å²) < 4.78 is 0. The highest BCUT2D eigenvalue weighted by atomic mass is 31.2. The molecule has 1 nitrogen and oxygen atoms in total. The Labute approximate surface area is 76.3 Å². The summed E-state index contributed by atoms with van der Waals surface area (Å²) in [6.45, 7) is 6.51. The number of carbonyl (C=O) groups is 1. The van der Waals surface area contributed by atoms with Gasteiger partial charge in [-0.3, -0.25) is 4.79 Å². The minimum absolute atomic E-state index is 0.341. The van der Waals surface area contributed by atoms with Gasteiger partial charge in [0.2, 0.25) is 0 Å². The maximum Gasteiger partial charge on any atom is 0.270 e. The molecule has 0 aromatic rings. The van der Waals surface area contributed by atoms with Gasteiger partial charge in [0.1, 0.15) is 0 Å². The topological polar surface area (TPSA) is 17.1 Å². The lowest BCUT2D eigenvalue weighted by molar-refractivity contribution is -0.115. The van der Waals surface area contributed by atoms with Crippen molar-refractivity contribution in [3.8, 4) is 0 Å². The predicted molar refractivity (Wildman–Crippen MR) is 56.3 cm³/mol. The van der Waals surface area contributed by atoms with Crippen LogP contribution in [0.15, 0.2) is 0 Å². The van der Waals surface area contributed by atoms with E-state index < -0.39 is 7.26 Å². The summed E-state index contributed by atoms with van der Waals surface area (Å²) in [5, 5.41) is 0. The van der Waals surface area contributed by atoms with Crippen molar-refractivity contribution >= 4 is 12.8 Å². The van der Waals surface area contributed by atoms with Crippen LogP contribution in [0.25, 0.3) is 0 Å². The zero-order chi connectivity index (χ0) is 9.19. The predicted octanol–water partition coefficient (Wildman–Crippen LogP) is 3.00. The first-order valence-corrected chi connectivity index (χ1v) is 7.60. The Morgan fingerprint density at radius 1 is 1.50 bits per heavy atom. The van der Waals surface area contributed by atoms with E-state index >= 15 is 0 Å². The van der Waals surface area contributed by atoms with E-state index in [0.29, 0.717) is 11.4 Å². The molecule has 0 aliphatic carbocycles. The first-order chi connectivity index (χ1) is 5.60. The molecule has 1 atom stereocenters. The molecule has 1 aliphatic rings. The molecule has 1 rings (SSSR count). The van der Waals surface area contributed by atoms with Crippen molar-refractivity contribution in [2.75, 3.05) is 19.0 Å². The summed E-state index contributed by atoms with van der Waals surface area (Å²) in [5.74, 6) is 0.341. The van der Waals surface area contributed by atoms with Crippen molar-refractivity contribution in [3.63, 3.8) is 0 Å². The van der Waals surface area contributed by atoms with Crippen LogP contribution in [0, 0.1) is 5.92 Å². The molecule has 12 heavy (non-hydrogen) atoms. The zero-order valence-electron chi connectivity index (χ0n) is 8.47. The van der Waals surface area contributed by atoms with E-state index in [-0.39, 0.29) is 0 Å². The van der Waals surface area contributed by atoms with E-state index in [1.165, 1.54) is 18.7 Å². The third-order valence-corrected chi connectivity index (χ3v) is 7.09. The Morgan fingerprint density at radius 3 is 2.42 bits per heavy atom. The highest BCUT2D eigenvalue weighted by molar-refractivity contribution is 7.91. The van der Waals surface area contributed by atoms with Gasteiger partial charge in [0.05, 0.1) is 32.2 Å². The molecule has 0 aromatic carbocycles. The number of hydrogen-bond donors (Lipinski definition) is 0. The fraction of sp³-hybridized carbons (Fsp3) is 0.900. The average Bonchev–Trinajstić information content (AvgIpc) is 1.99. The van der Waals surface area contributed by atoms with E-state index in [1.54, 1.807) is 0 Å². The van der Waals surface area contributed by atoms with Crippen molar-refractivity contribution in [1.82, 2.24) is 0 Å². The lowest BCUT2D eigenvalue weighted by atomic mass is 10.1. The zero-order valence-corrected chi connectivity index (χ0v) is 9.36. The van der Waals surface area contributed by atoms with Crippen molar-refractivity contribution in [2.45, 2.75) is 33.1 Å². The fourth-order valence-electron chi connectivity index (χ4n) is 1.94. The van der Waals surface area contributed by atoms with E-state index in [1.807, 2.05) is 0 Å². The molecule has 0 N–H and O–H groups in total. The lowest BCUT2D eigenvalue weighted by Crippen LogP contribution is -2.26. The highest BCUT2D eigenvalue weighted by Crippen LogP contribution is 2.65. The van der Waals surface area contributed by atoms with Gasteiger partial charge in [0.15, 0.2) is 0 Å². The molecule has 0 amide bonds. The van der Waals surface area contributed by atoms with Gasteiger partial charge in [0.25, 0.3) is 5.52 Å². The summed E-state index contributed by atoms with van der Waals surface area (Å²) in [7, 11) is -1.06. The normalized spacial score (nSPS) is 22.9. The van der Waals surface area contributed by atoms with Gasteiger partial charge < -0.3 is 0 Å². The Hall–Kier alpha value is 0.100. The van der Waals surface area contributed by atoms with Gasteiger partial charge in [-0.1, -0.05) is 20.3 Å². The molecular formula is C10H20OP+. The second kappa shape index (κ2) is 3.87. The van der Waals surface area contributed by atoms with E-state index in [4.69, 9.17) is 0 Å². The Bertz CT molecular complexity index is 173. The van der Waals surface area contributed by atoms with Crippen LogP contribution in [-0.4, -0.2) is 24.5 Å². The number of hydrogen-bond acceptors (Lipinski definition) is 1. The Balaban J connectivity index is 2.45. The van der Waals surface area contributed by atoms with Gasteiger partial charge in [0, 0.05) is 6.42 Å². The molecule has 0 spiro atoms. The molecule has 1 saturated heterocycles. The molecule has 0 saturated carbocycles. The summed E-state index contributed by atoms with van der Waals surface area (Å²) in [5.41, 5.74) is 0.621. The molecule has 1 unspecified atom stereocenters. The minimum atomic E-state index is -1.06. The largest absolute Gasteiger partial charge is 0.270 e. The highest BCUT2D eigenvalue weighted by Gasteiger charge is 2.48. The molecule has 1 heterocycles. The summed E-state index contributed by atoms with van der Waals surface area (Å²) in [4.78, 5) is 11.9. The smallest absolute Gasteiger partial charge is 0.253 e. The van der Waals surface area contributed by atoms with Crippen molar-refractivity contribution in [2.24, 2.45) is 5.92 Å². The standard InChI is InChI=1S/C10H20OP/c1-4-6-9(2)10(11)12(3)7-5-8-12/h9H,4-8H2,1-3H3/q+1. The monoisotopic (exact) mass is 187 g/mol. The Kier molecular flexibility index (Phi) is 3.29. The van der Waals surface area contributed by atoms with Gasteiger partial charge >= 0.3 is 0 Å². The third-order valence-electron chi connectivity index (χ3n) is 2.98. The molecule has 0 radical (unpaired) electrons. The minimum Gasteiger partial charge on any atom is -0.253 e. The quantitative estimate of drug-likeness (QED) is 0.618. The second-order valence-electron chi connectivity index (χ2n) is 4.22. The maximum atomic E-state index is 11.9. The van der Waals surface area contributed by atoms with Crippen LogP contribution in [0.4, 0.5) is 0 Å². The average molecular weight is 187 g/mol. The lowest BCUT2D eigenvalue weighted by Gasteiger charge is -2.30. The molecular weight excluding hydrogens is 167 g/mol. The van der Waals surface area contributed by atoms with E-state index in [2.05, 4.69) is 20.5 Å². The maximum absolute atomic E-state index is 11.9. The van der Waals surface area contributed by atoms with Crippen LogP contribution in [0.3, 0.4) is 0 Å². The molecule has 1 aliphatic heterocycles. The third kappa shape index (κ3) is 1.88. The molecule has 1 fully saturated rings. The first kappa shape index (κ1) is 10.2. The van der Waals surface area contributed by atoms with Crippen LogP contribution >= 0.6 is 7.26 Å². The summed E-state index contributed by atoms with van der Waals surface area (Å²) >= 11 is 0. The number of rotatable bonds is 4. The van der Waals surface area contributed by atoms with Crippen LogP contribution in [-0.2, 0) is 4.79 Å². The van der Waals surface area contributed by atoms with Crippen molar-refractivity contribution < 1.29 is 4.79 Å². The van der Waals surface area contributed by atoms with Crippen LogP contribution in [0.5, 0.6) is 0 Å².